The smallest absolute Gasteiger partial charge is 0.116 e. The van der Waals surface area contributed by atoms with Crippen molar-refractivity contribution in [3.63, 3.8) is 0 Å². The zero-order valence-electron chi connectivity index (χ0n) is 14.2. The summed E-state index contributed by atoms with van der Waals surface area (Å²) in [5, 5.41) is 23.7. The minimum atomic E-state index is 0.269. The van der Waals surface area contributed by atoms with Crippen LogP contribution in [0.1, 0.15) is 18.4 Å². The van der Waals surface area contributed by atoms with Crippen molar-refractivity contribution in [1.82, 2.24) is 9.88 Å². The van der Waals surface area contributed by atoms with Crippen molar-refractivity contribution < 1.29 is 10.2 Å². The first-order chi connectivity index (χ1) is 11.6. The van der Waals surface area contributed by atoms with Gasteiger partial charge in [-0.2, -0.15) is 0 Å². The number of phenols is 2. The van der Waals surface area contributed by atoms with Gasteiger partial charge < -0.3 is 20.1 Å². The standard InChI is InChI=1S/C20H24N2O2/c1-14-18-13-17(24)9-10-19(18)22(12-4-3-11-21-2)20(14)15-5-7-16(23)8-6-15/h5-10,13,21,23-24H,3-4,11-12H2,1-2H3. The summed E-state index contributed by atoms with van der Waals surface area (Å²) in [7, 11) is 1.97. The number of benzene rings is 2. The summed E-state index contributed by atoms with van der Waals surface area (Å²) in [6.07, 6.45) is 2.19. The average Bonchev–Trinajstić information content (AvgIpc) is 2.84. The Morgan fingerprint density at radius 2 is 1.67 bits per heavy atom. The van der Waals surface area contributed by atoms with E-state index in [0.717, 1.165) is 53.7 Å². The van der Waals surface area contributed by atoms with Gasteiger partial charge in [-0.3, -0.25) is 0 Å². The quantitative estimate of drug-likeness (QED) is 0.600. The molecule has 0 aliphatic heterocycles. The van der Waals surface area contributed by atoms with Gasteiger partial charge in [-0.05, 0) is 86.9 Å². The number of aromatic nitrogens is 1. The van der Waals surface area contributed by atoms with E-state index in [1.807, 2.05) is 31.3 Å². The molecule has 0 amide bonds. The highest BCUT2D eigenvalue weighted by atomic mass is 16.3. The van der Waals surface area contributed by atoms with Gasteiger partial charge in [-0.25, -0.2) is 0 Å². The zero-order valence-corrected chi connectivity index (χ0v) is 14.2. The number of hydrogen-bond acceptors (Lipinski definition) is 3. The molecule has 3 N–H and O–H groups in total. The number of rotatable bonds is 6. The summed E-state index contributed by atoms with van der Waals surface area (Å²) in [5.41, 5.74) is 4.52. The Morgan fingerprint density at radius 3 is 2.38 bits per heavy atom. The molecule has 3 rings (SSSR count). The van der Waals surface area contributed by atoms with Gasteiger partial charge in [0.1, 0.15) is 11.5 Å². The van der Waals surface area contributed by atoms with Crippen molar-refractivity contribution >= 4 is 10.9 Å². The minimum absolute atomic E-state index is 0.269. The van der Waals surface area contributed by atoms with Gasteiger partial charge in [0.2, 0.25) is 0 Å². The number of unbranched alkanes of at least 4 members (excludes halogenated alkanes) is 1. The van der Waals surface area contributed by atoms with E-state index in [2.05, 4.69) is 16.8 Å². The molecule has 0 saturated carbocycles. The molecule has 24 heavy (non-hydrogen) atoms. The lowest BCUT2D eigenvalue weighted by Gasteiger charge is -2.12. The normalized spacial score (nSPS) is 11.2. The second kappa shape index (κ2) is 6.97. The van der Waals surface area contributed by atoms with Crippen LogP contribution in [0.15, 0.2) is 42.5 Å². The maximum atomic E-state index is 9.86. The minimum Gasteiger partial charge on any atom is -0.508 e. The van der Waals surface area contributed by atoms with E-state index in [9.17, 15) is 10.2 Å². The monoisotopic (exact) mass is 324 g/mol. The molecule has 3 aromatic rings. The van der Waals surface area contributed by atoms with E-state index in [-0.39, 0.29) is 11.5 Å². The molecular weight excluding hydrogens is 300 g/mol. The van der Waals surface area contributed by atoms with Crippen LogP contribution >= 0.6 is 0 Å². The number of aryl methyl sites for hydroxylation is 2. The molecule has 1 aromatic heterocycles. The SMILES string of the molecule is CNCCCCn1c(-c2ccc(O)cc2)c(C)c2cc(O)ccc21. The Morgan fingerprint density at radius 1 is 0.958 bits per heavy atom. The maximum Gasteiger partial charge on any atom is 0.116 e. The fourth-order valence-corrected chi connectivity index (χ4v) is 3.31. The third-order valence-electron chi connectivity index (χ3n) is 4.50. The van der Waals surface area contributed by atoms with Crippen LogP contribution in [-0.4, -0.2) is 28.4 Å². The van der Waals surface area contributed by atoms with E-state index in [1.165, 1.54) is 0 Å². The van der Waals surface area contributed by atoms with Crippen molar-refractivity contribution in [2.75, 3.05) is 13.6 Å². The van der Waals surface area contributed by atoms with Crippen LogP contribution in [0.2, 0.25) is 0 Å². The summed E-state index contributed by atoms with van der Waals surface area (Å²) in [5.74, 6) is 0.556. The Labute approximate surface area is 142 Å². The molecule has 4 nitrogen and oxygen atoms in total. The summed E-state index contributed by atoms with van der Waals surface area (Å²) >= 11 is 0. The van der Waals surface area contributed by atoms with Crippen molar-refractivity contribution in [3.8, 4) is 22.8 Å². The predicted octanol–water partition coefficient (Wildman–Crippen LogP) is 4.03. The average molecular weight is 324 g/mol. The van der Waals surface area contributed by atoms with E-state index >= 15 is 0 Å². The summed E-state index contributed by atoms with van der Waals surface area (Å²) in [6, 6.07) is 12.9. The largest absolute Gasteiger partial charge is 0.508 e. The first-order valence-electron chi connectivity index (χ1n) is 8.37. The van der Waals surface area contributed by atoms with Gasteiger partial charge in [-0.15, -0.1) is 0 Å². The van der Waals surface area contributed by atoms with Gasteiger partial charge in [-0.1, -0.05) is 0 Å². The molecule has 0 atom stereocenters. The summed E-state index contributed by atoms with van der Waals surface area (Å²) < 4.78 is 2.33. The fourth-order valence-electron chi connectivity index (χ4n) is 3.31. The molecule has 0 fully saturated rings. The fraction of sp³-hybridized carbons (Fsp3) is 0.300. The molecule has 4 heteroatoms. The van der Waals surface area contributed by atoms with Crippen molar-refractivity contribution in [2.24, 2.45) is 0 Å². The van der Waals surface area contributed by atoms with Crippen molar-refractivity contribution in [3.05, 3.63) is 48.0 Å². The topological polar surface area (TPSA) is 57.4 Å². The van der Waals surface area contributed by atoms with Crippen LogP contribution in [0.5, 0.6) is 11.5 Å². The molecule has 0 spiro atoms. The van der Waals surface area contributed by atoms with Gasteiger partial charge in [0.05, 0.1) is 5.69 Å². The van der Waals surface area contributed by atoms with Gasteiger partial charge in [0.25, 0.3) is 0 Å². The zero-order chi connectivity index (χ0) is 17.1. The molecular formula is C20H24N2O2. The third kappa shape index (κ3) is 3.10. The molecule has 0 radical (unpaired) electrons. The molecule has 2 aromatic carbocycles. The van der Waals surface area contributed by atoms with E-state index in [4.69, 9.17) is 0 Å². The second-order valence-corrected chi connectivity index (χ2v) is 6.18. The van der Waals surface area contributed by atoms with Gasteiger partial charge in [0.15, 0.2) is 0 Å². The summed E-state index contributed by atoms with van der Waals surface area (Å²) in [6.45, 7) is 4.02. The number of aromatic hydroxyl groups is 2. The van der Waals surface area contributed by atoms with E-state index in [0.29, 0.717) is 0 Å². The number of hydrogen-bond donors (Lipinski definition) is 3. The third-order valence-corrected chi connectivity index (χ3v) is 4.50. The number of nitrogens with one attached hydrogen (secondary N) is 1. The number of nitrogens with zero attached hydrogens (tertiary/aromatic N) is 1. The van der Waals surface area contributed by atoms with Crippen LogP contribution in [0.3, 0.4) is 0 Å². The maximum absolute atomic E-state index is 9.86. The second-order valence-electron chi connectivity index (χ2n) is 6.18. The molecule has 126 valence electrons. The van der Waals surface area contributed by atoms with E-state index in [1.54, 1.807) is 18.2 Å². The molecule has 0 saturated heterocycles. The van der Waals surface area contributed by atoms with Crippen molar-refractivity contribution in [2.45, 2.75) is 26.3 Å². The first-order valence-corrected chi connectivity index (χ1v) is 8.37. The van der Waals surface area contributed by atoms with E-state index < -0.39 is 0 Å². The highest BCUT2D eigenvalue weighted by Crippen LogP contribution is 2.35. The molecule has 0 bridgehead atoms. The Balaban J connectivity index is 2.10. The molecule has 0 aliphatic carbocycles. The lowest BCUT2D eigenvalue weighted by Crippen LogP contribution is -2.09. The van der Waals surface area contributed by atoms with Crippen LogP contribution in [-0.2, 0) is 6.54 Å². The van der Waals surface area contributed by atoms with Crippen LogP contribution in [0.25, 0.3) is 22.2 Å². The highest BCUT2D eigenvalue weighted by molar-refractivity contribution is 5.92. The highest BCUT2D eigenvalue weighted by Gasteiger charge is 2.16. The Kier molecular flexibility index (Phi) is 4.76. The van der Waals surface area contributed by atoms with Crippen LogP contribution in [0.4, 0.5) is 0 Å². The molecule has 0 unspecified atom stereocenters. The predicted molar refractivity (Wildman–Crippen MR) is 98.6 cm³/mol. The summed E-state index contributed by atoms with van der Waals surface area (Å²) in [4.78, 5) is 0. The van der Waals surface area contributed by atoms with Gasteiger partial charge >= 0.3 is 0 Å². The van der Waals surface area contributed by atoms with Crippen LogP contribution in [0, 0.1) is 6.92 Å². The Bertz CT molecular complexity index is 835. The number of phenolic OH excluding ortho intramolecular Hbond substituents is 2. The van der Waals surface area contributed by atoms with Crippen molar-refractivity contribution in [1.29, 1.82) is 0 Å². The molecule has 0 aliphatic rings. The molecule has 1 heterocycles. The lowest BCUT2D eigenvalue weighted by molar-refractivity contribution is 0.475. The number of fused-ring (bicyclic) bond motifs is 1. The van der Waals surface area contributed by atoms with Crippen LogP contribution < -0.4 is 5.32 Å². The van der Waals surface area contributed by atoms with Gasteiger partial charge in [0, 0.05) is 17.4 Å². The lowest BCUT2D eigenvalue weighted by atomic mass is 10.1. The first kappa shape index (κ1) is 16.4. The Hall–Kier alpha value is -2.46.